The summed E-state index contributed by atoms with van der Waals surface area (Å²) in [6.45, 7) is 1.11. The number of benzene rings is 1. The molecule has 1 aromatic carbocycles. The summed E-state index contributed by atoms with van der Waals surface area (Å²) in [6.07, 6.45) is 0.00964. The van der Waals surface area contributed by atoms with Gasteiger partial charge in [-0.15, -0.1) is 0 Å². The highest BCUT2D eigenvalue weighted by molar-refractivity contribution is 7.91. The second-order valence-corrected chi connectivity index (χ2v) is 5.43. The van der Waals surface area contributed by atoms with E-state index in [4.69, 9.17) is 5.73 Å². The molecule has 0 heterocycles. The zero-order valence-corrected chi connectivity index (χ0v) is 9.35. The van der Waals surface area contributed by atoms with E-state index in [-0.39, 0.29) is 22.8 Å². The van der Waals surface area contributed by atoms with Crippen LogP contribution in [0.15, 0.2) is 23.1 Å². The summed E-state index contributed by atoms with van der Waals surface area (Å²) >= 11 is 0. The first-order valence-corrected chi connectivity index (χ1v) is 6.28. The van der Waals surface area contributed by atoms with Crippen LogP contribution in [0.25, 0.3) is 0 Å². The third kappa shape index (κ3) is 2.68. The van der Waals surface area contributed by atoms with Crippen molar-refractivity contribution in [3.8, 4) is 0 Å². The first kappa shape index (κ1) is 12.0. The SMILES string of the molecule is Cc1cccc(S(=O)(=O)CCCF)c1N. The van der Waals surface area contributed by atoms with Crippen molar-refractivity contribution in [2.45, 2.75) is 18.2 Å². The number of nitrogen functional groups attached to an aromatic ring is 1. The number of hydrogen-bond acceptors (Lipinski definition) is 3. The molecule has 5 heteroatoms. The number of rotatable bonds is 4. The molecule has 1 aromatic rings. The second kappa shape index (κ2) is 4.61. The van der Waals surface area contributed by atoms with Gasteiger partial charge in [-0.2, -0.15) is 0 Å². The van der Waals surface area contributed by atoms with Crippen molar-refractivity contribution >= 4 is 15.5 Å². The Morgan fingerprint density at radius 2 is 2.07 bits per heavy atom. The molecule has 0 bridgehead atoms. The van der Waals surface area contributed by atoms with Crippen molar-refractivity contribution < 1.29 is 12.8 Å². The van der Waals surface area contributed by atoms with Gasteiger partial charge in [-0.25, -0.2) is 8.42 Å². The van der Waals surface area contributed by atoms with Gasteiger partial charge in [0.05, 0.1) is 23.0 Å². The Labute approximate surface area is 89.0 Å². The van der Waals surface area contributed by atoms with Crippen LogP contribution in [0.2, 0.25) is 0 Å². The topological polar surface area (TPSA) is 60.2 Å². The molecule has 3 nitrogen and oxygen atoms in total. The third-order valence-electron chi connectivity index (χ3n) is 2.17. The molecule has 2 N–H and O–H groups in total. The maximum Gasteiger partial charge on any atom is 0.180 e. The van der Waals surface area contributed by atoms with Gasteiger partial charge in [0.2, 0.25) is 0 Å². The molecule has 0 aromatic heterocycles. The minimum Gasteiger partial charge on any atom is -0.397 e. The van der Waals surface area contributed by atoms with Gasteiger partial charge < -0.3 is 5.73 Å². The van der Waals surface area contributed by atoms with E-state index in [1.165, 1.54) is 6.07 Å². The maximum atomic E-state index is 11.9. The standard InChI is InChI=1S/C10H14FNO2S/c1-8-4-2-5-9(10(8)12)15(13,14)7-3-6-11/h2,4-5H,3,6-7,12H2,1H3. The Morgan fingerprint density at radius 1 is 1.40 bits per heavy atom. The molecule has 0 aliphatic heterocycles. The Bertz CT molecular complexity index is 443. The van der Waals surface area contributed by atoms with Crippen LogP contribution in [0, 0.1) is 6.92 Å². The van der Waals surface area contributed by atoms with Gasteiger partial charge in [-0.3, -0.25) is 4.39 Å². The molecule has 0 amide bonds. The van der Waals surface area contributed by atoms with Crippen molar-refractivity contribution in [3.63, 3.8) is 0 Å². The number of halogens is 1. The summed E-state index contributed by atoms with van der Waals surface area (Å²) < 4.78 is 35.4. The molecule has 0 fully saturated rings. The minimum atomic E-state index is -3.44. The highest BCUT2D eigenvalue weighted by Crippen LogP contribution is 2.23. The maximum absolute atomic E-state index is 11.9. The number of para-hydroxylation sites is 1. The molecule has 0 saturated carbocycles. The molecule has 1 rings (SSSR count). The minimum absolute atomic E-state index is 0.00964. The monoisotopic (exact) mass is 231 g/mol. The zero-order chi connectivity index (χ0) is 11.5. The van der Waals surface area contributed by atoms with Gasteiger partial charge in [0.25, 0.3) is 0 Å². The van der Waals surface area contributed by atoms with E-state index in [1.807, 2.05) is 0 Å². The molecular weight excluding hydrogens is 217 g/mol. The molecule has 0 spiro atoms. The molecule has 0 aliphatic rings. The van der Waals surface area contributed by atoms with Gasteiger partial charge in [0, 0.05) is 0 Å². The highest BCUT2D eigenvalue weighted by atomic mass is 32.2. The number of hydrogen-bond donors (Lipinski definition) is 1. The summed E-state index contributed by atoms with van der Waals surface area (Å²) in [5.74, 6) is -0.197. The molecular formula is C10H14FNO2S. The van der Waals surface area contributed by atoms with E-state index in [1.54, 1.807) is 19.1 Å². The lowest BCUT2D eigenvalue weighted by Crippen LogP contribution is -2.10. The fourth-order valence-electron chi connectivity index (χ4n) is 1.28. The normalized spacial score (nSPS) is 11.6. The van der Waals surface area contributed by atoms with Crippen molar-refractivity contribution in [1.82, 2.24) is 0 Å². The smallest absolute Gasteiger partial charge is 0.180 e. The Hall–Kier alpha value is -1.10. The summed E-state index contributed by atoms with van der Waals surface area (Å²) in [6, 6.07) is 4.83. The van der Waals surface area contributed by atoms with Crippen molar-refractivity contribution in [2.24, 2.45) is 0 Å². The van der Waals surface area contributed by atoms with E-state index in [2.05, 4.69) is 0 Å². The lowest BCUT2D eigenvalue weighted by Gasteiger charge is -2.08. The van der Waals surface area contributed by atoms with Crippen LogP contribution in [-0.4, -0.2) is 20.8 Å². The number of aryl methyl sites for hydroxylation is 1. The largest absolute Gasteiger partial charge is 0.397 e. The van der Waals surface area contributed by atoms with E-state index in [0.29, 0.717) is 0 Å². The van der Waals surface area contributed by atoms with Gasteiger partial charge in [-0.1, -0.05) is 12.1 Å². The van der Waals surface area contributed by atoms with Crippen LogP contribution >= 0.6 is 0 Å². The summed E-state index contributed by atoms with van der Waals surface area (Å²) in [4.78, 5) is 0.107. The predicted molar refractivity (Wildman–Crippen MR) is 58.2 cm³/mol. The van der Waals surface area contributed by atoms with Crippen LogP contribution in [-0.2, 0) is 9.84 Å². The lowest BCUT2D eigenvalue weighted by atomic mass is 10.2. The average molecular weight is 231 g/mol. The predicted octanol–water partition coefficient (Wildman–Crippen LogP) is 1.71. The van der Waals surface area contributed by atoms with Crippen LogP contribution in [0.5, 0.6) is 0 Å². The van der Waals surface area contributed by atoms with E-state index in [9.17, 15) is 12.8 Å². The Kier molecular flexibility index (Phi) is 3.68. The number of nitrogens with two attached hydrogens (primary N) is 1. The molecule has 0 aliphatic carbocycles. The molecule has 0 atom stereocenters. The van der Waals surface area contributed by atoms with Crippen LogP contribution in [0.4, 0.5) is 10.1 Å². The fraction of sp³-hybridized carbons (Fsp3) is 0.400. The van der Waals surface area contributed by atoms with Crippen molar-refractivity contribution in [2.75, 3.05) is 18.2 Å². The Morgan fingerprint density at radius 3 is 2.67 bits per heavy atom. The third-order valence-corrected chi connectivity index (χ3v) is 4.02. The van der Waals surface area contributed by atoms with E-state index < -0.39 is 16.5 Å². The second-order valence-electron chi connectivity index (χ2n) is 3.35. The van der Waals surface area contributed by atoms with E-state index >= 15 is 0 Å². The van der Waals surface area contributed by atoms with Gasteiger partial charge in [0.15, 0.2) is 9.84 Å². The lowest BCUT2D eigenvalue weighted by molar-refractivity contribution is 0.484. The van der Waals surface area contributed by atoms with Crippen molar-refractivity contribution in [1.29, 1.82) is 0 Å². The van der Waals surface area contributed by atoms with E-state index in [0.717, 1.165) is 5.56 Å². The summed E-state index contributed by atoms with van der Waals surface area (Å²) in [5, 5.41) is 0. The van der Waals surface area contributed by atoms with Gasteiger partial charge >= 0.3 is 0 Å². The summed E-state index contributed by atoms with van der Waals surface area (Å²) in [5.41, 5.74) is 6.65. The quantitative estimate of drug-likeness (QED) is 0.802. The van der Waals surface area contributed by atoms with Crippen LogP contribution in [0.1, 0.15) is 12.0 Å². The summed E-state index contributed by atoms with van der Waals surface area (Å²) in [7, 11) is -3.44. The Balaban J connectivity index is 3.10. The number of sulfone groups is 1. The average Bonchev–Trinajstić information content (AvgIpc) is 2.19. The van der Waals surface area contributed by atoms with Crippen LogP contribution < -0.4 is 5.73 Å². The van der Waals surface area contributed by atoms with Crippen LogP contribution in [0.3, 0.4) is 0 Å². The van der Waals surface area contributed by atoms with Gasteiger partial charge in [-0.05, 0) is 25.0 Å². The van der Waals surface area contributed by atoms with Gasteiger partial charge in [0.1, 0.15) is 0 Å². The molecule has 15 heavy (non-hydrogen) atoms. The first-order chi connectivity index (χ1) is 6.99. The molecule has 0 radical (unpaired) electrons. The molecule has 0 saturated heterocycles. The number of alkyl halides is 1. The molecule has 0 unspecified atom stereocenters. The highest BCUT2D eigenvalue weighted by Gasteiger charge is 2.17. The van der Waals surface area contributed by atoms with Crippen molar-refractivity contribution in [3.05, 3.63) is 23.8 Å². The molecule has 84 valence electrons. The first-order valence-electron chi connectivity index (χ1n) is 4.63. The fourth-order valence-corrected chi connectivity index (χ4v) is 2.77. The zero-order valence-electron chi connectivity index (χ0n) is 8.53. The number of anilines is 1.